The molecule has 0 fully saturated rings. The summed E-state index contributed by atoms with van der Waals surface area (Å²) in [5, 5.41) is 0. The first kappa shape index (κ1) is 8.31. The van der Waals surface area contributed by atoms with E-state index in [0.717, 1.165) is 6.61 Å². The molecule has 0 saturated heterocycles. The summed E-state index contributed by atoms with van der Waals surface area (Å²) in [6.45, 7) is 3.11. The first-order chi connectivity index (χ1) is 3.91. The highest BCUT2D eigenvalue weighted by Gasteiger charge is 1.83. The third-order valence-corrected chi connectivity index (χ3v) is 1.35. The van der Waals surface area contributed by atoms with Crippen LogP contribution in [-0.4, -0.2) is 12.9 Å². The van der Waals surface area contributed by atoms with Gasteiger partial charge in [0.15, 0.2) is 0 Å². The molecule has 8 heavy (non-hydrogen) atoms. The molecule has 0 aromatic carbocycles. The van der Waals surface area contributed by atoms with Gasteiger partial charge in [0.2, 0.25) is 0 Å². The molecule has 0 aromatic rings. The van der Waals surface area contributed by atoms with E-state index in [0.29, 0.717) is 0 Å². The highest BCUT2D eigenvalue weighted by molar-refractivity contribution is 7.93. The predicted molar refractivity (Wildman–Crippen MR) is 39.0 cm³/mol. The summed E-state index contributed by atoms with van der Waals surface area (Å²) < 4.78 is 5.05. The SMILES string of the molecule is CCCCCOSC. The summed E-state index contributed by atoms with van der Waals surface area (Å²) in [6.07, 6.45) is 5.72. The van der Waals surface area contributed by atoms with Crippen LogP contribution in [0, 0.1) is 0 Å². The van der Waals surface area contributed by atoms with Crippen molar-refractivity contribution in [1.82, 2.24) is 0 Å². The average Bonchev–Trinajstić information content (AvgIpc) is 1.81. The first-order valence-electron chi connectivity index (χ1n) is 3.07. The van der Waals surface area contributed by atoms with Gasteiger partial charge in [0.25, 0.3) is 0 Å². The van der Waals surface area contributed by atoms with Gasteiger partial charge in [-0.15, -0.1) is 0 Å². The second kappa shape index (κ2) is 7.31. The van der Waals surface area contributed by atoms with E-state index in [-0.39, 0.29) is 0 Å². The monoisotopic (exact) mass is 134 g/mol. The topological polar surface area (TPSA) is 9.23 Å². The summed E-state index contributed by atoms with van der Waals surface area (Å²) in [5.74, 6) is 0. The van der Waals surface area contributed by atoms with Crippen LogP contribution in [0.1, 0.15) is 26.2 Å². The van der Waals surface area contributed by atoms with Crippen LogP contribution >= 0.6 is 12.0 Å². The van der Waals surface area contributed by atoms with Crippen molar-refractivity contribution in [1.29, 1.82) is 0 Å². The minimum Gasteiger partial charge on any atom is -0.316 e. The van der Waals surface area contributed by atoms with Crippen molar-refractivity contribution in [2.24, 2.45) is 0 Å². The molecule has 0 aromatic heterocycles. The quantitative estimate of drug-likeness (QED) is 0.422. The molecule has 0 radical (unpaired) electrons. The Labute approximate surface area is 56.0 Å². The van der Waals surface area contributed by atoms with E-state index in [2.05, 4.69) is 6.92 Å². The summed E-state index contributed by atoms with van der Waals surface area (Å²) in [4.78, 5) is 0. The molecule has 0 atom stereocenters. The Morgan fingerprint density at radius 2 is 2.12 bits per heavy atom. The lowest BCUT2D eigenvalue weighted by atomic mass is 10.3. The van der Waals surface area contributed by atoms with Crippen LogP contribution in [0.5, 0.6) is 0 Å². The number of unbranched alkanes of at least 4 members (excludes halogenated alkanes) is 2. The van der Waals surface area contributed by atoms with Gasteiger partial charge >= 0.3 is 0 Å². The van der Waals surface area contributed by atoms with Gasteiger partial charge in [-0.3, -0.25) is 0 Å². The van der Waals surface area contributed by atoms with Crippen molar-refractivity contribution >= 4 is 12.0 Å². The minimum atomic E-state index is 0.912. The largest absolute Gasteiger partial charge is 0.316 e. The van der Waals surface area contributed by atoms with Gasteiger partial charge in [-0.05, 0) is 18.5 Å². The summed E-state index contributed by atoms with van der Waals surface area (Å²) in [6, 6.07) is 0. The highest BCUT2D eigenvalue weighted by atomic mass is 32.2. The van der Waals surface area contributed by atoms with Gasteiger partial charge in [-0.2, -0.15) is 0 Å². The Hall–Kier alpha value is 0.310. The van der Waals surface area contributed by atoms with Crippen LogP contribution in [0.2, 0.25) is 0 Å². The van der Waals surface area contributed by atoms with E-state index >= 15 is 0 Å². The molecule has 0 N–H and O–H groups in total. The van der Waals surface area contributed by atoms with Gasteiger partial charge in [0, 0.05) is 6.26 Å². The molecule has 0 unspecified atom stereocenters. The molecule has 0 aliphatic heterocycles. The van der Waals surface area contributed by atoms with Crippen molar-refractivity contribution in [3.05, 3.63) is 0 Å². The zero-order valence-corrected chi connectivity index (χ0v) is 6.46. The lowest BCUT2D eigenvalue weighted by Gasteiger charge is -1.95. The van der Waals surface area contributed by atoms with E-state index in [1.807, 2.05) is 6.26 Å². The van der Waals surface area contributed by atoms with Crippen LogP contribution in [0.3, 0.4) is 0 Å². The number of rotatable bonds is 5. The van der Waals surface area contributed by atoms with Crippen molar-refractivity contribution in [2.45, 2.75) is 26.2 Å². The second-order valence-corrected chi connectivity index (χ2v) is 2.26. The zero-order valence-electron chi connectivity index (χ0n) is 5.64. The third kappa shape index (κ3) is 6.31. The molecule has 0 spiro atoms. The normalized spacial score (nSPS) is 9.75. The standard InChI is InChI=1S/C6H14OS/c1-3-4-5-6-7-8-2/h3-6H2,1-2H3. The number of hydrogen-bond donors (Lipinski definition) is 0. The molecule has 0 rings (SSSR count). The molecule has 0 amide bonds. The van der Waals surface area contributed by atoms with E-state index in [9.17, 15) is 0 Å². The summed E-state index contributed by atoms with van der Waals surface area (Å²) in [5.41, 5.74) is 0. The molecule has 0 saturated carbocycles. The Bertz CT molecular complexity index is 33.5. The van der Waals surface area contributed by atoms with Crippen molar-refractivity contribution in [2.75, 3.05) is 12.9 Å². The van der Waals surface area contributed by atoms with Crippen LogP contribution in [-0.2, 0) is 4.18 Å². The molecule has 0 aliphatic carbocycles. The van der Waals surface area contributed by atoms with E-state index in [1.54, 1.807) is 0 Å². The maximum Gasteiger partial charge on any atom is 0.0613 e. The molecular weight excluding hydrogens is 120 g/mol. The third-order valence-electron chi connectivity index (χ3n) is 0.949. The lowest BCUT2D eigenvalue weighted by molar-refractivity contribution is 0.360. The maximum absolute atomic E-state index is 5.05. The van der Waals surface area contributed by atoms with Crippen molar-refractivity contribution < 1.29 is 4.18 Å². The molecular formula is C6H14OS. The molecule has 1 nitrogen and oxygen atoms in total. The first-order valence-corrected chi connectivity index (χ1v) is 4.22. The summed E-state index contributed by atoms with van der Waals surface area (Å²) >= 11 is 1.45. The second-order valence-electron chi connectivity index (χ2n) is 1.70. The molecule has 0 heterocycles. The minimum absolute atomic E-state index is 0.912. The smallest absolute Gasteiger partial charge is 0.0613 e. The predicted octanol–water partition coefficient (Wildman–Crippen LogP) is 2.47. The number of hydrogen-bond acceptors (Lipinski definition) is 2. The van der Waals surface area contributed by atoms with Gasteiger partial charge in [-0.1, -0.05) is 19.8 Å². The van der Waals surface area contributed by atoms with Crippen LogP contribution < -0.4 is 0 Å². The maximum atomic E-state index is 5.05. The Kier molecular flexibility index (Phi) is 7.59. The average molecular weight is 134 g/mol. The van der Waals surface area contributed by atoms with Crippen LogP contribution in [0.25, 0.3) is 0 Å². The molecule has 2 heteroatoms. The van der Waals surface area contributed by atoms with E-state index < -0.39 is 0 Å². The van der Waals surface area contributed by atoms with Gasteiger partial charge in [0.1, 0.15) is 0 Å². The lowest BCUT2D eigenvalue weighted by Crippen LogP contribution is -1.84. The van der Waals surface area contributed by atoms with Crippen LogP contribution in [0.4, 0.5) is 0 Å². The fourth-order valence-electron chi connectivity index (χ4n) is 0.494. The van der Waals surface area contributed by atoms with Crippen molar-refractivity contribution in [3.63, 3.8) is 0 Å². The van der Waals surface area contributed by atoms with Crippen LogP contribution in [0.15, 0.2) is 0 Å². The summed E-state index contributed by atoms with van der Waals surface area (Å²) in [7, 11) is 0. The van der Waals surface area contributed by atoms with E-state index in [1.165, 1.54) is 31.3 Å². The van der Waals surface area contributed by atoms with Gasteiger partial charge < -0.3 is 4.18 Å². The van der Waals surface area contributed by atoms with E-state index in [4.69, 9.17) is 4.18 Å². The molecule has 0 bridgehead atoms. The fraction of sp³-hybridized carbons (Fsp3) is 1.00. The fourth-order valence-corrected chi connectivity index (χ4v) is 0.779. The van der Waals surface area contributed by atoms with Gasteiger partial charge in [0.05, 0.1) is 6.61 Å². The van der Waals surface area contributed by atoms with Gasteiger partial charge in [-0.25, -0.2) is 0 Å². The Morgan fingerprint density at radius 1 is 1.38 bits per heavy atom. The molecule has 0 aliphatic rings. The van der Waals surface area contributed by atoms with Crippen molar-refractivity contribution in [3.8, 4) is 0 Å². The zero-order chi connectivity index (χ0) is 6.24. The highest BCUT2D eigenvalue weighted by Crippen LogP contribution is 1.99. The Morgan fingerprint density at radius 3 is 2.62 bits per heavy atom. The Balaban J connectivity index is 2.53. The molecule has 50 valence electrons.